The minimum Gasteiger partial charge on any atom is -0.508 e. The van der Waals surface area contributed by atoms with E-state index in [0.717, 1.165) is 6.61 Å². The number of phenols is 2. The molecule has 20 heavy (non-hydrogen) atoms. The smallest absolute Gasteiger partial charge is 0.115 e. The van der Waals surface area contributed by atoms with E-state index in [0.29, 0.717) is 15.9 Å². The second-order valence-corrected chi connectivity index (χ2v) is 5.88. The maximum absolute atomic E-state index is 12.0. The van der Waals surface area contributed by atoms with Crippen molar-refractivity contribution in [2.24, 2.45) is 0 Å². The Morgan fingerprint density at radius 3 is 1.50 bits per heavy atom. The first-order chi connectivity index (χ1) is 9.56. The Morgan fingerprint density at radius 2 is 1.25 bits per heavy atom. The average molecular weight is 292 g/mol. The van der Waals surface area contributed by atoms with Gasteiger partial charge in [-0.3, -0.25) is 0 Å². The summed E-state index contributed by atoms with van der Waals surface area (Å²) in [5.74, 6) is 0.290. The van der Waals surface area contributed by atoms with Crippen molar-refractivity contribution >= 4 is 10.8 Å². The topological polar surface area (TPSA) is 70.1 Å². The van der Waals surface area contributed by atoms with E-state index in [9.17, 15) is 4.21 Å². The molecule has 0 saturated carbocycles. The Morgan fingerprint density at radius 1 is 0.950 bits per heavy atom. The van der Waals surface area contributed by atoms with Gasteiger partial charge in [-0.15, -0.1) is 0 Å². The fraction of sp³-hybridized carbons (Fsp3) is 0.200. The molecule has 1 atom stereocenters. The van der Waals surface area contributed by atoms with Crippen LogP contribution in [0, 0.1) is 0 Å². The number of rotatable bonds is 2. The van der Waals surface area contributed by atoms with Crippen LogP contribution < -0.4 is 0 Å². The molecule has 1 unspecified atom stereocenters. The first-order valence-electron chi connectivity index (χ1n) is 6.17. The Balaban J connectivity index is 0.000000315. The van der Waals surface area contributed by atoms with E-state index in [4.69, 9.17) is 14.9 Å². The molecule has 1 saturated heterocycles. The molecule has 4 nitrogen and oxygen atoms in total. The molecule has 1 aliphatic rings. The summed E-state index contributed by atoms with van der Waals surface area (Å²) in [4.78, 5) is 1.23. The molecule has 2 aromatic rings. The highest BCUT2D eigenvalue weighted by Gasteiger charge is 2.13. The first-order valence-corrected chi connectivity index (χ1v) is 7.32. The Labute approximate surface area is 120 Å². The van der Waals surface area contributed by atoms with Crippen LogP contribution in [0.3, 0.4) is 0 Å². The standard InChI is InChI=1S/C12H10O3S.C3H6O/c13-9-1-5-11(6-2-9)16(15)12-7-3-10(14)4-8-12;1-3-2-4-3/h1-8,13-14H;3H,2H2,1H3. The quantitative estimate of drug-likeness (QED) is 0.835. The third-order valence-electron chi connectivity index (χ3n) is 2.60. The fourth-order valence-electron chi connectivity index (χ4n) is 1.37. The lowest BCUT2D eigenvalue weighted by Crippen LogP contribution is -1.91. The second-order valence-electron chi connectivity index (χ2n) is 4.40. The fourth-order valence-corrected chi connectivity index (χ4v) is 2.41. The van der Waals surface area contributed by atoms with Gasteiger partial charge in [0.15, 0.2) is 0 Å². The normalized spacial score (nSPS) is 16.4. The van der Waals surface area contributed by atoms with Crippen LogP contribution in [-0.4, -0.2) is 27.1 Å². The van der Waals surface area contributed by atoms with Crippen LogP contribution in [0.5, 0.6) is 11.5 Å². The molecule has 2 aromatic carbocycles. The molecule has 0 aromatic heterocycles. The van der Waals surface area contributed by atoms with Crippen molar-refractivity contribution in [3.05, 3.63) is 48.5 Å². The Bertz CT molecular complexity index is 526. The second kappa shape index (κ2) is 6.54. The summed E-state index contributed by atoms with van der Waals surface area (Å²) in [5.41, 5.74) is 0. The highest BCUT2D eigenvalue weighted by atomic mass is 32.2. The SMILES string of the molecule is CC1CO1.O=S(c1ccc(O)cc1)c1ccc(O)cc1. The zero-order valence-corrected chi connectivity index (χ0v) is 11.8. The van der Waals surface area contributed by atoms with E-state index in [-0.39, 0.29) is 11.5 Å². The van der Waals surface area contributed by atoms with E-state index < -0.39 is 10.8 Å². The minimum atomic E-state index is -1.29. The van der Waals surface area contributed by atoms with Crippen molar-refractivity contribution in [2.75, 3.05) is 6.61 Å². The van der Waals surface area contributed by atoms with Crippen molar-refractivity contribution in [3.63, 3.8) is 0 Å². The molecule has 0 radical (unpaired) electrons. The van der Waals surface area contributed by atoms with Crippen molar-refractivity contribution in [1.82, 2.24) is 0 Å². The lowest BCUT2D eigenvalue weighted by atomic mass is 10.3. The van der Waals surface area contributed by atoms with Gasteiger partial charge in [-0.2, -0.15) is 0 Å². The van der Waals surface area contributed by atoms with E-state index in [1.807, 2.05) is 0 Å². The number of benzene rings is 2. The summed E-state index contributed by atoms with van der Waals surface area (Å²) in [7, 11) is -1.29. The third kappa shape index (κ3) is 4.36. The van der Waals surface area contributed by atoms with Crippen LogP contribution in [0.25, 0.3) is 0 Å². The zero-order valence-electron chi connectivity index (χ0n) is 11.0. The Kier molecular flexibility index (Phi) is 4.76. The lowest BCUT2D eigenvalue weighted by Gasteiger charge is -2.02. The molecule has 5 heteroatoms. The largest absolute Gasteiger partial charge is 0.508 e. The van der Waals surface area contributed by atoms with Gasteiger partial charge < -0.3 is 14.9 Å². The molecule has 2 N–H and O–H groups in total. The maximum Gasteiger partial charge on any atom is 0.115 e. The summed E-state index contributed by atoms with van der Waals surface area (Å²) in [6, 6.07) is 12.4. The highest BCUT2D eigenvalue weighted by molar-refractivity contribution is 7.85. The molecule has 3 rings (SSSR count). The van der Waals surface area contributed by atoms with Crippen LogP contribution in [0.1, 0.15) is 6.92 Å². The van der Waals surface area contributed by atoms with Gasteiger partial charge >= 0.3 is 0 Å². The van der Waals surface area contributed by atoms with Crippen LogP contribution >= 0.6 is 0 Å². The third-order valence-corrected chi connectivity index (χ3v) is 4.00. The van der Waals surface area contributed by atoms with Gasteiger partial charge in [0.05, 0.1) is 23.5 Å². The van der Waals surface area contributed by atoms with E-state index in [2.05, 4.69) is 6.92 Å². The van der Waals surface area contributed by atoms with E-state index >= 15 is 0 Å². The van der Waals surface area contributed by atoms with Crippen molar-refractivity contribution in [2.45, 2.75) is 22.8 Å². The van der Waals surface area contributed by atoms with Crippen molar-refractivity contribution in [1.29, 1.82) is 0 Å². The Hall–Kier alpha value is -1.85. The summed E-state index contributed by atoms with van der Waals surface area (Å²) >= 11 is 0. The van der Waals surface area contributed by atoms with Crippen LogP contribution in [0.15, 0.2) is 58.3 Å². The molecule has 1 aliphatic heterocycles. The molecule has 0 spiro atoms. The van der Waals surface area contributed by atoms with Gasteiger partial charge in [-0.1, -0.05) is 0 Å². The van der Waals surface area contributed by atoms with Crippen LogP contribution in [0.4, 0.5) is 0 Å². The van der Waals surface area contributed by atoms with Gasteiger partial charge in [-0.25, -0.2) is 4.21 Å². The van der Waals surface area contributed by atoms with E-state index in [1.54, 1.807) is 24.3 Å². The molecule has 0 bridgehead atoms. The predicted octanol–water partition coefficient (Wildman–Crippen LogP) is 2.67. The summed E-state index contributed by atoms with van der Waals surface area (Å²) in [5, 5.41) is 18.2. The number of hydrogen-bond donors (Lipinski definition) is 2. The average Bonchev–Trinajstić information content (AvgIpc) is 3.23. The first kappa shape index (κ1) is 14.6. The number of epoxide rings is 1. The summed E-state index contributed by atoms with van der Waals surface area (Å²) < 4.78 is 16.7. The molecule has 0 aliphatic carbocycles. The number of ether oxygens (including phenoxy) is 1. The predicted molar refractivity (Wildman–Crippen MR) is 76.3 cm³/mol. The molecule has 0 amide bonds. The number of phenolic OH excluding ortho intramolecular Hbond substituents is 2. The molecule has 1 fully saturated rings. The molecule has 1 heterocycles. The van der Waals surface area contributed by atoms with Gasteiger partial charge in [0.2, 0.25) is 0 Å². The van der Waals surface area contributed by atoms with Gasteiger partial charge in [0, 0.05) is 9.79 Å². The highest BCUT2D eigenvalue weighted by Crippen LogP contribution is 2.20. The number of hydrogen-bond acceptors (Lipinski definition) is 4. The summed E-state index contributed by atoms with van der Waals surface area (Å²) in [6.45, 7) is 3.04. The molecule has 106 valence electrons. The minimum absolute atomic E-state index is 0.145. The monoisotopic (exact) mass is 292 g/mol. The number of aromatic hydroxyl groups is 2. The van der Waals surface area contributed by atoms with E-state index in [1.165, 1.54) is 24.3 Å². The van der Waals surface area contributed by atoms with Crippen molar-refractivity contribution in [3.8, 4) is 11.5 Å². The summed E-state index contributed by atoms with van der Waals surface area (Å²) in [6.07, 6.45) is 0.583. The zero-order chi connectivity index (χ0) is 14.5. The lowest BCUT2D eigenvalue weighted by molar-refractivity contribution is 0.423. The molecular weight excluding hydrogens is 276 g/mol. The van der Waals surface area contributed by atoms with Crippen LogP contribution in [-0.2, 0) is 15.5 Å². The van der Waals surface area contributed by atoms with Gasteiger partial charge in [0.25, 0.3) is 0 Å². The maximum atomic E-state index is 12.0. The van der Waals surface area contributed by atoms with Crippen LogP contribution in [0.2, 0.25) is 0 Å². The van der Waals surface area contributed by atoms with Crippen molar-refractivity contribution < 1.29 is 19.2 Å². The van der Waals surface area contributed by atoms with Gasteiger partial charge in [-0.05, 0) is 55.5 Å². The molecular formula is C15H16O4S. The van der Waals surface area contributed by atoms with Gasteiger partial charge in [0.1, 0.15) is 11.5 Å².